The number of pyridine rings is 1. The number of likely N-dealkylation sites (tertiary alicyclic amines) is 1. The van der Waals surface area contributed by atoms with Crippen molar-refractivity contribution in [1.82, 2.24) is 24.8 Å². The lowest BCUT2D eigenvalue weighted by atomic mass is 9.85. The lowest BCUT2D eigenvalue weighted by Gasteiger charge is -2.41. The maximum atomic E-state index is 12.6. The van der Waals surface area contributed by atoms with Crippen LogP contribution < -0.4 is 5.32 Å². The third-order valence-electron chi connectivity index (χ3n) is 4.71. The van der Waals surface area contributed by atoms with Crippen molar-refractivity contribution < 1.29 is 37.8 Å². The highest BCUT2D eigenvalue weighted by Gasteiger charge is 2.44. The number of carbonyl (C=O) groups is 3. The Kier molecular flexibility index (Phi) is 10.8. The summed E-state index contributed by atoms with van der Waals surface area (Å²) in [7, 11) is 0. The second-order valence-corrected chi connectivity index (χ2v) is 6.64. The van der Waals surface area contributed by atoms with E-state index in [2.05, 4.69) is 14.9 Å². The van der Waals surface area contributed by atoms with Gasteiger partial charge in [-0.1, -0.05) is 0 Å². The largest absolute Gasteiger partial charge is 0.483 e. The molecular weight excluding hydrogens is 435 g/mol. The van der Waals surface area contributed by atoms with Crippen molar-refractivity contribution in [3.63, 3.8) is 0 Å². The van der Waals surface area contributed by atoms with E-state index >= 15 is 0 Å². The van der Waals surface area contributed by atoms with Crippen LogP contribution in [0.4, 0.5) is 13.2 Å². The van der Waals surface area contributed by atoms with Crippen LogP contribution in [0.5, 0.6) is 0 Å². The highest BCUT2D eigenvalue weighted by Crippen LogP contribution is 2.31. The lowest BCUT2D eigenvalue weighted by Crippen LogP contribution is -2.55. The molecule has 1 aliphatic rings. The van der Waals surface area contributed by atoms with Crippen molar-refractivity contribution in [3.05, 3.63) is 48.8 Å². The number of alkyl halides is 3. The molecule has 0 unspecified atom stereocenters. The van der Waals surface area contributed by atoms with Gasteiger partial charge in [-0.3, -0.25) is 24.3 Å². The van der Waals surface area contributed by atoms with Gasteiger partial charge in [0.1, 0.15) is 12.1 Å². The average molecular weight is 459 g/mol. The zero-order chi connectivity index (χ0) is 24.0. The third-order valence-corrected chi connectivity index (χ3v) is 4.71. The summed E-state index contributed by atoms with van der Waals surface area (Å²) < 4.78 is 39.2. The van der Waals surface area contributed by atoms with Gasteiger partial charge in [0.05, 0.1) is 6.33 Å². The van der Waals surface area contributed by atoms with Gasteiger partial charge in [0.2, 0.25) is 5.91 Å². The Morgan fingerprint density at radius 2 is 1.66 bits per heavy atom. The molecule has 176 valence electrons. The smallest absolute Gasteiger partial charge is 0.405 e. The summed E-state index contributed by atoms with van der Waals surface area (Å²) in [5, 5.41) is 15.8. The van der Waals surface area contributed by atoms with Crippen LogP contribution in [0.1, 0.15) is 18.4 Å². The predicted molar refractivity (Wildman–Crippen MR) is 105 cm³/mol. The number of imidazole rings is 1. The van der Waals surface area contributed by atoms with Gasteiger partial charge in [0, 0.05) is 44.4 Å². The van der Waals surface area contributed by atoms with Gasteiger partial charge >= 0.3 is 6.18 Å². The number of piperidine rings is 1. The van der Waals surface area contributed by atoms with Crippen molar-refractivity contribution in [2.75, 3.05) is 19.6 Å². The van der Waals surface area contributed by atoms with E-state index in [1.54, 1.807) is 23.2 Å². The van der Waals surface area contributed by atoms with Crippen LogP contribution in [0.25, 0.3) is 0 Å². The Hall–Kier alpha value is -3.48. The molecule has 0 aliphatic carbocycles. The first kappa shape index (κ1) is 26.6. The first-order valence-corrected chi connectivity index (χ1v) is 9.33. The first-order valence-electron chi connectivity index (χ1n) is 9.33. The van der Waals surface area contributed by atoms with E-state index in [9.17, 15) is 18.0 Å². The predicted octanol–water partition coefficient (Wildman–Crippen LogP) is 1.35. The zero-order valence-electron chi connectivity index (χ0n) is 17.0. The van der Waals surface area contributed by atoms with E-state index in [1.165, 1.54) is 12.5 Å². The van der Waals surface area contributed by atoms with E-state index in [4.69, 9.17) is 19.8 Å². The molecule has 1 saturated heterocycles. The van der Waals surface area contributed by atoms with Gasteiger partial charge in [-0.05, 0) is 30.5 Å². The summed E-state index contributed by atoms with van der Waals surface area (Å²) >= 11 is 0. The van der Waals surface area contributed by atoms with Crippen LogP contribution in [0.15, 0.2) is 43.2 Å². The van der Waals surface area contributed by atoms with Gasteiger partial charge < -0.3 is 20.1 Å². The van der Waals surface area contributed by atoms with E-state index in [0.29, 0.717) is 32.5 Å². The Labute approximate surface area is 181 Å². The summed E-state index contributed by atoms with van der Waals surface area (Å²) in [4.78, 5) is 39.5. The minimum atomic E-state index is -4.44. The molecule has 3 N–H and O–H groups in total. The number of carbonyl (C=O) groups excluding carboxylic acids is 1. The molecule has 0 aromatic carbocycles. The minimum absolute atomic E-state index is 0.250. The van der Waals surface area contributed by atoms with Crippen molar-refractivity contribution in [2.45, 2.75) is 31.1 Å². The average Bonchev–Trinajstić information content (AvgIpc) is 3.30. The van der Waals surface area contributed by atoms with Crippen molar-refractivity contribution in [2.24, 2.45) is 0 Å². The van der Waals surface area contributed by atoms with Gasteiger partial charge in [0.15, 0.2) is 0 Å². The molecule has 0 spiro atoms. The number of nitrogens with zero attached hydrogens (tertiary/aromatic N) is 4. The number of nitrogens with one attached hydrogen (secondary N) is 1. The fourth-order valence-corrected chi connectivity index (χ4v) is 3.29. The maximum Gasteiger partial charge on any atom is 0.405 e. The van der Waals surface area contributed by atoms with Crippen molar-refractivity contribution in [1.29, 1.82) is 0 Å². The van der Waals surface area contributed by atoms with Crippen molar-refractivity contribution in [3.8, 4) is 0 Å². The molecule has 32 heavy (non-hydrogen) atoms. The number of rotatable bonds is 5. The topological polar surface area (TPSA) is 138 Å². The number of carboxylic acid groups (broad SMARTS) is 2. The summed E-state index contributed by atoms with van der Waals surface area (Å²) in [6.45, 7) is 0.0790. The standard InChI is InChI=1S/C17H20F3N5O.2CH2O2/c18-17(19,20)12-23-15(26)16(25-10-7-22-13-25)3-8-24(9-4-16)11-14-1-5-21-6-2-14;2*2-1-3/h1-2,5-7,10,13H,3-4,8-9,11-12H2,(H,23,26);2*1H,(H,2,3). The minimum Gasteiger partial charge on any atom is -0.483 e. The number of halogens is 3. The Bertz CT molecular complexity index is 805. The number of aromatic nitrogens is 3. The number of hydrogen-bond acceptors (Lipinski definition) is 6. The van der Waals surface area contributed by atoms with Gasteiger partial charge in [-0.15, -0.1) is 0 Å². The molecule has 2 aromatic rings. The molecular formula is C19H24F3N5O5. The number of amides is 1. The van der Waals surface area contributed by atoms with Gasteiger partial charge in [-0.25, -0.2) is 4.98 Å². The Morgan fingerprint density at radius 1 is 1.09 bits per heavy atom. The summed E-state index contributed by atoms with van der Waals surface area (Å²) in [6.07, 6.45) is 4.49. The fraction of sp³-hybridized carbons (Fsp3) is 0.421. The van der Waals surface area contributed by atoms with Crippen LogP contribution in [-0.2, 0) is 26.5 Å². The highest BCUT2D eigenvalue weighted by atomic mass is 19.4. The molecule has 0 bridgehead atoms. The summed E-state index contributed by atoms with van der Waals surface area (Å²) in [6, 6.07) is 3.85. The van der Waals surface area contributed by atoms with Crippen LogP contribution >= 0.6 is 0 Å². The quantitative estimate of drug-likeness (QED) is 0.570. The maximum absolute atomic E-state index is 12.6. The van der Waals surface area contributed by atoms with Crippen LogP contribution in [-0.4, -0.2) is 74.3 Å². The van der Waals surface area contributed by atoms with Gasteiger partial charge in [0.25, 0.3) is 12.9 Å². The molecule has 3 heterocycles. The molecule has 13 heteroatoms. The molecule has 0 saturated carbocycles. The molecule has 10 nitrogen and oxygen atoms in total. The van der Waals surface area contributed by atoms with E-state index < -0.39 is 24.2 Å². The van der Waals surface area contributed by atoms with E-state index in [-0.39, 0.29) is 12.9 Å². The molecule has 1 aliphatic heterocycles. The molecule has 1 fully saturated rings. The second kappa shape index (κ2) is 13.0. The Balaban J connectivity index is 0.000000769. The summed E-state index contributed by atoms with van der Waals surface area (Å²) in [5.41, 5.74) is 0.0629. The molecule has 2 aromatic heterocycles. The first-order chi connectivity index (χ1) is 15.2. The van der Waals surface area contributed by atoms with E-state index in [0.717, 1.165) is 5.56 Å². The SMILES string of the molecule is O=C(NCC(F)(F)F)C1(n2ccnc2)CCN(Cc2ccncc2)CC1.O=CO.O=CO. The number of hydrogen-bond donors (Lipinski definition) is 3. The van der Waals surface area contributed by atoms with Gasteiger partial charge in [-0.2, -0.15) is 13.2 Å². The zero-order valence-corrected chi connectivity index (χ0v) is 17.0. The second-order valence-electron chi connectivity index (χ2n) is 6.64. The van der Waals surface area contributed by atoms with E-state index in [1.807, 2.05) is 17.4 Å². The van der Waals surface area contributed by atoms with Crippen molar-refractivity contribution >= 4 is 18.9 Å². The molecule has 1 amide bonds. The third kappa shape index (κ3) is 8.34. The molecule has 3 rings (SSSR count). The monoisotopic (exact) mass is 459 g/mol. The molecule has 0 radical (unpaired) electrons. The van der Waals surface area contributed by atoms with Crippen LogP contribution in [0.2, 0.25) is 0 Å². The normalized spacial score (nSPS) is 15.2. The Morgan fingerprint density at radius 3 is 2.12 bits per heavy atom. The highest BCUT2D eigenvalue weighted by molar-refractivity contribution is 5.84. The lowest BCUT2D eigenvalue weighted by molar-refractivity contribution is -0.145. The fourth-order valence-electron chi connectivity index (χ4n) is 3.29. The van der Waals surface area contributed by atoms with Crippen LogP contribution in [0.3, 0.4) is 0 Å². The summed E-state index contributed by atoms with van der Waals surface area (Å²) in [5.74, 6) is -0.614. The van der Waals surface area contributed by atoms with Crippen LogP contribution in [0, 0.1) is 0 Å². The molecule has 0 atom stereocenters.